The van der Waals surface area contributed by atoms with Crippen LogP contribution in [0.3, 0.4) is 0 Å². The Balaban J connectivity index is 1.76. The van der Waals surface area contributed by atoms with Gasteiger partial charge in [0.1, 0.15) is 0 Å². The van der Waals surface area contributed by atoms with Crippen LogP contribution in [0.5, 0.6) is 0 Å². The maximum Gasteiger partial charge on any atom is 0.0346 e. The van der Waals surface area contributed by atoms with Gasteiger partial charge in [-0.05, 0) is 74.7 Å². The quantitative estimate of drug-likeness (QED) is 0.835. The number of hydrogen-bond donors (Lipinski definition) is 1. The number of anilines is 1. The number of rotatable bonds is 4. The summed E-state index contributed by atoms with van der Waals surface area (Å²) in [6.45, 7) is 10.9. The van der Waals surface area contributed by atoms with E-state index in [-0.39, 0.29) is 0 Å². The maximum absolute atomic E-state index is 6.02. The van der Waals surface area contributed by atoms with Gasteiger partial charge in [0.15, 0.2) is 0 Å². The molecular weight excluding hydrogens is 256 g/mol. The normalized spacial score (nSPS) is 21.2. The summed E-state index contributed by atoms with van der Waals surface area (Å²) in [6.07, 6.45) is 6.43. The van der Waals surface area contributed by atoms with E-state index in [0.717, 1.165) is 18.0 Å². The van der Waals surface area contributed by atoms with E-state index in [9.17, 15) is 0 Å². The highest BCUT2D eigenvalue weighted by Crippen LogP contribution is 2.34. The van der Waals surface area contributed by atoms with E-state index in [2.05, 4.69) is 37.8 Å². The molecule has 1 aromatic rings. The molecule has 21 heavy (non-hydrogen) atoms. The van der Waals surface area contributed by atoms with Crippen LogP contribution in [-0.4, -0.2) is 24.5 Å². The topological polar surface area (TPSA) is 29.3 Å². The number of nitrogens with zero attached hydrogens (tertiary/aromatic N) is 1. The Bertz CT molecular complexity index is 433. The first kappa shape index (κ1) is 16.4. The Hall–Kier alpha value is -1.02. The lowest BCUT2D eigenvalue weighted by Crippen LogP contribution is -2.27. The molecule has 1 aliphatic rings. The summed E-state index contributed by atoms with van der Waals surface area (Å²) >= 11 is 0. The summed E-state index contributed by atoms with van der Waals surface area (Å²) in [6, 6.07) is 8.27. The second-order valence-electron chi connectivity index (χ2n) is 7.64. The molecule has 0 bridgehead atoms. The summed E-state index contributed by atoms with van der Waals surface area (Å²) in [5, 5.41) is 0. The molecule has 0 radical (unpaired) electrons. The molecule has 0 aliphatic carbocycles. The highest BCUT2D eigenvalue weighted by molar-refractivity contribution is 5.46. The molecule has 0 aromatic heterocycles. The lowest BCUT2D eigenvalue weighted by atomic mass is 9.77. The third kappa shape index (κ3) is 5.03. The molecule has 1 fully saturated rings. The van der Waals surface area contributed by atoms with Crippen molar-refractivity contribution in [2.45, 2.75) is 52.9 Å². The molecule has 2 heteroatoms. The van der Waals surface area contributed by atoms with E-state index in [0.29, 0.717) is 5.41 Å². The summed E-state index contributed by atoms with van der Waals surface area (Å²) < 4.78 is 0. The Kier molecular flexibility index (Phi) is 5.69. The zero-order valence-corrected chi connectivity index (χ0v) is 14.1. The van der Waals surface area contributed by atoms with Gasteiger partial charge in [0.05, 0.1) is 0 Å². The van der Waals surface area contributed by atoms with Gasteiger partial charge in [-0.15, -0.1) is 0 Å². The van der Waals surface area contributed by atoms with Crippen LogP contribution in [0.15, 0.2) is 24.3 Å². The molecule has 2 N–H and O–H groups in total. The first-order valence-corrected chi connectivity index (χ1v) is 8.52. The van der Waals surface area contributed by atoms with Crippen LogP contribution in [0.25, 0.3) is 0 Å². The Morgan fingerprint density at radius 1 is 1.14 bits per heavy atom. The van der Waals surface area contributed by atoms with Crippen molar-refractivity contribution in [1.82, 2.24) is 4.90 Å². The average Bonchev–Trinajstić information content (AvgIpc) is 2.66. The molecule has 1 atom stereocenters. The lowest BCUT2D eigenvalue weighted by Gasteiger charge is -2.29. The molecule has 1 saturated heterocycles. The minimum Gasteiger partial charge on any atom is -0.399 e. The first-order valence-electron chi connectivity index (χ1n) is 8.52. The zero-order valence-electron chi connectivity index (χ0n) is 14.1. The second-order valence-corrected chi connectivity index (χ2v) is 7.64. The molecule has 0 amide bonds. The van der Waals surface area contributed by atoms with E-state index >= 15 is 0 Å². The maximum atomic E-state index is 6.02. The molecule has 1 aliphatic heterocycles. The zero-order chi connectivity index (χ0) is 15.3. The van der Waals surface area contributed by atoms with Crippen LogP contribution in [0.1, 0.15) is 52.0 Å². The van der Waals surface area contributed by atoms with E-state index in [4.69, 9.17) is 5.73 Å². The first-order chi connectivity index (χ1) is 9.97. The van der Waals surface area contributed by atoms with Gasteiger partial charge in [0.2, 0.25) is 0 Å². The predicted molar refractivity (Wildman–Crippen MR) is 92.4 cm³/mol. The van der Waals surface area contributed by atoms with E-state index in [1.54, 1.807) is 0 Å². The molecule has 2 nitrogen and oxygen atoms in total. The Morgan fingerprint density at radius 2 is 1.90 bits per heavy atom. The lowest BCUT2D eigenvalue weighted by molar-refractivity contribution is 0.207. The molecule has 2 rings (SSSR count). The van der Waals surface area contributed by atoms with Crippen molar-refractivity contribution in [3.63, 3.8) is 0 Å². The van der Waals surface area contributed by atoms with Crippen molar-refractivity contribution in [2.75, 3.05) is 25.4 Å². The minimum absolute atomic E-state index is 0.467. The van der Waals surface area contributed by atoms with E-state index in [1.165, 1.54) is 50.9 Å². The van der Waals surface area contributed by atoms with Crippen LogP contribution in [-0.2, 0) is 6.42 Å². The smallest absolute Gasteiger partial charge is 0.0346 e. The molecule has 1 unspecified atom stereocenters. The third-order valence-corrected chi connectivity index (χ3v) is 5.02. The van der Waals surface area contributed by atoms with Crippen LogP contribution in [0.2, 0.25) is 0 Å². The van der Waals surface area contributed by atoms with Gasteiger partial charge in [0.25, 0.3) is 0 Å². The fraction of sp³-hybridized carbons (Fsp3) is 0.684. The average molecular weight is 288 g/mol. The Labute approximate surface area is 130 Å². The Morgan fingerprint density at radius 3 is 2.62 bits per heavy atom. The number of hydrogen-bond acceptors (Lipinski definition) is 2. The minimum atomic E-state index is 0.467. The summed E-state index contributed by atoms with van der Waals surface area (Å²) in [4.78, 5) is 2.66. The molecule has 0 spiro atoms. The highest BCUT2D eigenvalue weighted by atomic mass is 15.1. The third-order valence-electron chi connectivity index (χ3n) is 5.02. The van der Waals surface area contributed by atoms with Crippen molar-refractivity contribution in [2.24, 2.45) is 11.3 Å². The van der Waals surface area contributed by atoms with Crippen LogP contribution >= 0.6 is 0 Å². The monoisotopic (exact) mass is 288 g/mol. The van der Waals surface area contributed by atoms with Gasteiger partial charge in [-0.1, -0.05) is 39.0 Å². The van der Waals surface area contributed by atoms with Gasteiger partial charge in [-0.2, -0.15) is 0 Å². The van der Waals surface area contributed by atoms with Crippen LogP contribution in [0, 0.1) is 11.3 Å². The van der Waals surface area contributed by atoms with Crippen molar-refractivity contribution in [3.05, 3.63) is 29.8 Å². The standard InChI is InChI=1S/C19H32N2/c1-19(2,3)17-10-7-14-21(15-12-17)13-6-9-16-8-4-5-11-18(16)20/h4-5,8,11,17H,6-7,9-10,12-15,20H2,1-3H3. The van der Waals surface area contributed by atoms with Crippen molar-refractivity contribution >= 4 is 5.69 Å². The number of benzene rings is 1. The highest BCUT2D eigenvalue weighted by Gasteiger charge is 2.26. The molecule has 0 saturated carbocycles. The van der Waals surface area contributed by atoms with Gasteiger partial charge in [0, 0.05) is 5.69 Å². The van der Waals surface area contributed by atoms with E-state index in [1.807, 2.05) is 12.1 Å². The SMILES string of the molecule is CC(C)(C)C1CCCN(CCCc2ccccc2N)CC1. The molecule has 118 valence electrons. The molecule has 1 aromatic carbocycles. The summed E-state index contributed by atoms with van der Waals surface area (Å²) in [5.74, 6) is 0.882. The van der Waals surface area contributed by atoms with Gasteiger partial charge < -0.3 is 10.6 Å². The van der Waals surface area contributed by atoms with Crippen molar-refractivity contribution in [3.8, 4) is 0 Å². The van der Waals surface area contributed by atoms with Crippen LogP contribution < -0.4 is 5.73 Å². The fourth-order valence-corrected chi connectivity index (χ4v) is 3.50. The second kappa shape index (κ2) is 7.31. The number of likely N-dealkylation sites (tertiary alicyclic amines) is 1. The molecular formula is C19H32N2. The van der Waals surface area contributed by atoms with Crippen LogP contribution in [0.4, 0.5) is 5.69 Å². The van der Waals surface area contributed by atoms with Gasteiger partial charge in [-0.3, -0.25) is 0 Å². The van der Waals surface area contributed by atoms with Crippen molar-refractivity contribution in [1.29, 1.82) is 0 Å². The summed E-state index contributed by atoms with van der Waals surface area (Å²) in [7, 11) is 0. The summed E-state index contributed by atoms with van der Waals surface area (Å²) in [5.41, 5.74) is 8.73. The fourth-order valence-electron chi connectivity index (χ4n) is 3.50. The van der Waals surface area contributed by atoms with Gasteiger partial charge in [-0.25, -0.2) is 0 Å². The largest absolute Gasteiger partial charge is 0.399 e. The number of nitrogens with two attached hydrogens (primary N) is 1. The number of nitrogen functional groups attached to an aromatic ring is 1. The molecule has 1 heterocycles. The van der Waals surface area contributed by atoms with Crippen molar-refractivity contribution < 1.29 is 0 Å². The van der Waals surface area contributed by atoms with Gasteiger partial charge >= 0.3 is 0 Å². The van der Waals surface area contributed by atoms with E-state index < -0.39 is 0 Å². The number of para-hydroxylation sites is 1. The number of aryl methyl sites for hydroxylation is 1. The predicted octanol–water partition coefficient (Wildman–Crippen LogP) is 4.35.